The van der Waals surface area contributed by atoms with Crippen LogP contribution < -0.4 is 0 Å². The predicted molar refractivity (Wildman–Crippen MR) is 52.9 cm³/mol. The topological polar surface area (TPSA) is 29.5 Å². The highest BCUT2D eigenvalue weighted by Crippen LogP contribution is 2.20. The standard InChI is InChI=1S/C11H12F4O2/c12-9-4-2-1-3-8(9)10(16)7-17-6-5-11(13,14)15/h1-4,10,16H,5-7H2. The van der Waals surface area contributed by atoms with E-state index < -0.39 is 31.1 Å². The van der Waals surface area contributed by atoms with E-state index in [0.717, 1.165) is 6.07 Å². The van der Waals surface area contributed by atoms with E-state index in [4.69, 9.17) is 0 Å². The Balaban J connectivity index is 2.36. The second-order valence-electron chi connectivity index (χ2n) is 3.48. The van der Waals surface area contributed by atoms with Gasteiger partial charge < -0.3 is 9.84 Å². The molecule has 1 unspecified atom stereocenters. The van der Waals surface area contributed by atoms with Crippen LogP contribution in [0.3, 0.4) is 0 Å². The zero-order valence-corrected chi connectivity index (χ0v) is 8.88. The van der Waals surface area contributed by atoms with Crippen molar-refractivity contribution in [1.29, 1.82) is 0 Å². The molecule has 0 aliphatic carbocycles. The van der Waals surface area contributed by atoms with Gasteiger partial charge in [-0.25, -0.2) is 4.39 Å². The summed E-state index contributed by atoms with van der Waals surface area (Å²) in [5, 5.41) is 9.48. The lowest BCUT2D eigenvalue weighted by Gasteiger charge is -2.13. The van der Waals surface area contributed by atoms with Crippen LogP contribution in [0, 0.1) is 5.82 Å². The fourth-order valence-electron chi connectivity index (χ4n) is 1.22. The summed E-state index contributed by atoms with van der Waals surface area (Å²) in [5.74, 6) is -0.612. The molecule has 0 saturated carbocycles. The molecule has 1 N–H and O–H groups in total. The number of rotatable bonds is 5. The van der Waals surface area contributed by atoms with E-state index in [-0.39, 0.29) is 12.2 Å². The van der Waals surface area contributed by atoms with Gasteiger partial charge in [0.05, 0.1) is 19.6 Å². The highest BCUT2D eigenvalue weighted by atomic mass is 19.4. The van der Waals surface area contributed by atoms with Crippen molar-refractivity contribution in [2.75, 3.05) is 13.2 Å². The van der Waals surface area contributed by atoms with E-state index in [2.05, 4.69) is 4.74 Å². The molecule has 0 aliphatic rings. The van der Waals surface area contributed by atoms with Crippen molar-refractivity contribution in [2.45, 2.75) is 18.7 Å². The molecular weight excluding hydrogens is 240 g/mol. The van der Waals surface area contributed by atoms with Crippen molar-refractivity contribution in [2.24, 2.45) is 0 Å². The summed E-state index contributed by atoms with van der Waals surface area (Å²) in [7, 11) is 0. The Morgan fingerprint density at radius 3 is 2.47 bits per heavy atom. The van der Waals surface area contributed by atoms with E-state index in [9.17, 15) is 22.7 Å². The average molecular weight is 252 g/mol. The third kappa shape index (κ3) is 5.14. The summed E-state index contributed by atoms with van der Waals surface area (Å²) < 4.78 is 53.1. The monoisotopic (exact) mass is 252 g/mol. The largest absolute Gasteiger partial charge is 0.391 e. The maximum atomic E-state index is 13.1. The van der Waals surface area contributed by atoms with Crippen LogP contribution in [0.15, 0.2) is 24.3 Å². The number of aliphatic hydroxyl groups excluding tert-OH is 1. The summed E-state index contributed by atoms with van der Waals surface area (Å²) in [6.45, 7) is -0.911. The third-order valence-corrected chi connectivity index (χ3v) is 2.07. The van der Waals surface area contributed by atoms with Gasteiger partial charge in [-0.15, -0.1) is 0 Å². The van der Waals surface area contributed by atoms with Gasteiger partial charge in [0, 0.05) is 5.56 Å². The molecule has 1 aromatic rings. The molecular formula is C11H12F4O2. The number of aliphatic hydroxyl groups is 1. The number of hydrogen-bond acceptors (Lipinski definition) is 2. The summed E-state index contributed by atoms with van der Waals surface area (Å²) in [4.78, 5) is 0. The van der Waals surface area contributed by atoms with Crippen LogP contribution in [0.1, 0.15) is 18.1 Å². The van der Waals surface area contributed by atoms with Crippen molar-refractivity contribution >= 4 is 0 Å². The Kier molecular flexibility index (Phi) is 4.89. The van der Waals surface area contributed by atoms with Gasteiger partial charge in [-0.1, -0.05) is 18.2 Å². The first-order chi connectivity index (χ1) is 7.90. The van der Waals surface area contributed by atoms with Crippen LogP contribution in [-0.4, -0.2) is 24.5 Å². The first-order valence-corrected chi connectivity index (χ1v) is 4.97. The Morgan fingerprint density at radius 2 is 1.88 bits per heavy atom. The first-order valence-electron chi connectivity index (χ1n) is 4.97. The highest BCUT2D eigenvalue weighted by Gasteiger charge is 2.26. The minimum Gasteiger partial charge on any atom is -0.386 e. The fraction of sp³-hybridized carbons (Fsp3) is 0.455. The molecule has 0 fully saturated rings. The molecule has 0 bridgehead atoms. The van der Waals surface area contributed by atoms with Crippen LogP contribution in [0.25, 0.3) is 0 Å². The fourth-order valence-corrected chi connectivity index (χ4v) is 1.22. The zero-order chi connectivity index (χ0) is 12.9. The van der Waals surface area contributed by atoms with Gasteiger partial charge in [-0.3, -0.25) is 0 Å². The van der Waals surface area contributed by atoms with Crippen molar-refractivity contribution in [3.05, 3.63) is 35.6 Å². The summed E-state index contributed by atoms with van der Waals surface area (Å²) >= 11 is 0. The summed E-state index contributed by atoms with van der Waals surface area (Å²) in [5.41, 5.74) is 0.0134. The van der Waals surface area contributed by atoms with Gasteiger partial charge in [0.25, 0.3) is 0 Å². The minimum atomic E-state index is -4.29. The number of ether oxygens (including phenoxy) is 1. The minimum absolute atomic E-state index is 0.0134. The van der Waals surface area contributed by atoms with E-state index in [0.29, 0.717) is 0 Å². The predicted octanol–water partition coefficient (Wildman–Crippen LogP) is 2.83. The molecule has 1 aromatic carbocycles. The molecule has 1 rings (SSSR count). The van der Waals surface area contributed by atoms with Crippen LogP contribution in [-0.2, 0) is 4.74 Å². The van der Waals surface area contributed by atoms with Gasteiger partial charge in [-0.2, -0.15) is 13.2 Å². The molecule has 0 heterocycles. The average Bonchev–Trinajstić information content (AvgIpc) is 2.23. The van der Waals surface area contributed by atoms with Crippen LogP contribution in [0.4, 0.5) is 17.6 Å². The molecule has 0 radical (unpaired) electrons. The maximum absolute atomic E-state index is 13.1. The van der Waals surface area contributed by atoms with E-state index in [1.807, 2.05) is 0 Å². The first kappa shape index (κ1) is 13.9. The van der Waals surface area contributed by atoms with Crippen molar-refractivity contribution in [3.63, 3.8) is 0 Å². The molecule has 6 heteroatoms. The summed E-state index contributed by atoms with van der Waals surface area (Å²) in [6, 6.07) is 5.49. The third-order valence-electron chi connectivity index (χ3n) is 2.07. The van der Waals surface area contributed by atoms with Crippen molar-refractivity contribution < 1.29 is 27.4 Å². The smallest absolute Gasteiger partial charge is 0.386 e. The van der Waals surface area contributed by atoms with Gasteiger partial charge in [0.15, 0.2) is 0 Å². The van der Waals surface area contributed by atoms with Crippen LogP contribution in [0.5, 0.6) is 0 Å². The van der Waals surface area contributed by atoms with Crippen molar-refractivity contribution in [1.82, 2.24) is 0 Å². The Morgan fingerprint density at radius 1 is 1.24 bits per heavy atom. The number of halogens is 4. The second-order valence-corrected chi connectivity index (χ2v) is 3.48. The second kappa shape index (κ2) is 5.97. The van der Waals surface area contributed by atoms with Gasteiger partial charge >= 0.3 is 6.18 Å². The normalized spacial score (nSPS) is 13.7. The molecule has 17 heavy (non-hydrogen) atoms. The zero-order valence-electron chi connectivity index (χ0n) is 8.88. The SMILES string of the molecule is OC(COCCC(F)(F)F)c1ccccc1F. The molecule has 0 saturated heterocycles. The van der Waals surface area contributed by atoms with Crippen LogP contribution >= 0.6 is 0 Å². The molecule has 0 aromatic heterocycles. The lowest BCUT2D eigenvalue weighted by atomic mass is 10.1. The van der Waals surface area contributed by atoms with E-state index >= 15 is 0 Å². The number of alkyl halides is 3. The molecule has 96 valence electrons. The van der Waals surface area contributed by atoms with Gasteiger partial charge in [0.1, 0.15) is 11.9 Å². The van der Waals surface area contributed by atoms with Crippen molar-refractivity contribution in [3.8, 4) is 0 Å². The van der Waals surface area contributed by atoms with Gasteiger partial charge in [0.2, 0.25) is 0 Å². The van der Waals surface area contributed by atoms with E-state index in [1.165, 1.54) is 18.2 Å². The Bertz CT molecular complexity index is 352. The maximum Gasteiger partial charge on any atom is 0.391 e. The summed E-state index contributed by atoms with van der Waals surface area (Å²) in [6.07, 6.45) is -6.63. The van der Waals surface area contributed by atoms with Gasteiger partial charge in [-0.05, 0) is 6.07 Å². The van der Waals surface area contributed by atoms with Crippen LogP contribution in [0.2, 0.25) is 0 Å². The number of benzene rings is 1. The molecule has 2 nitrogen and oxygen atoms in total. The highest BCUT2D eigenvalue weighted by molar-refractivity contribution is 5.19. The number of hydrogen-bond donors (Lipinski definition) is 1. The lowest BCUT2D eigenvalue weighted by molar-refractivity contribution is -0.147. The molecule has 0 amide bonds. The Labute approximate surface area is 95.8 Å². The quantitative estimate of drug-likeness (QED) is 0.645. The molecule has 1 atom stereocenters. The molecule has 0 aliphatic heterocycles. The Hall–Kier alpha value is -1.14. The molecule has 0 spiro atoms. The van der Waals surface area contributed by atoms with E-state index in [1.54, 1.807) is 0 Å². The lowest BCUT2D eigenvalue weighted by Crippen LogP contribution is -2.15.